The predicted molar refractivity (Wildman–Crippen MR) is 128 cm³/mol. The van der Waals surface area contributed by atoms with Gasteiger partial charge in [-0.3, -0.25) is 4.79 Å². The van der Waals surface area contributed by atoms with Crippen LogP contribution in [0.3, 0.4) is 0 Å². The van der Waals surface area contributed by atoms with Crippen LogP contribution in [0.15, 0.2) is 47.4 Å². The number of amides is 1. The van der Waals surface area contributed by atoms with Gasteiger partial charge in [-0.2, -0.15) is 0 Å². The van der Waals surface area contributed by atoms with Crippen molar-refractivity contribution < 1.29 is 32.3 Å². The van der Waals surface area contributed by atoms with E-state index in [0.29, 0.717) is 30.9 Å². The number of carbonyl (C=O) groups is 1. The molecule has 6 nitrogen and oxygen atoms in total. The molecule has 1 radical (unpaired) electrons. The normalized spacial score (nSPS) is 14.5. The summed E-state index contributed by atoms with van der Waals surface area (Å²) < 4.78 is 22.2. The second kappa shape index (κ2) is 11.9. The molecule has 0 bridgehead atoms. The van der Waals surface area contributed by atoms with Crippen LogP contribution in [0.25, 0.3) is 0 Å². The fourth-order valence-corrected chi connectivity index (χ4v) is 5.61. The van der Waals surface area contributed by atoms with Gasteiger partial charge in [-0.1, -0.05) is 0 Å². The molecule has 1 atom stereocenters. The van der Waals surface area contributed by atoms with Gasteiger partial charge in [0.1, 0.15) is 5.75 Å². The number of benzene rings is 2. The van der Waals surface area contributed by atoms with E-state index < -0.39 is 9.71 Å². The monoisotopic (exact) mass is 492 g/mol. The van der Waals surface area contributed by atoms with E-state index >= 15 is 0 Å². The Hall–Kier alpha value is -1.77. The number of aryl methyl sites for hydroxylation is 1. The maximum Gasteiger partial charge on any atom is 2.00 e. The van der Waals surface area contributed by atoms with E-state index in [0.717, 1.165) is 40.5 Å². The summed E-state index contributed by atoms with van der Waals surface area (Å²) in [6.07, 6.45) is 1.77. The molecular formula is C24H31N3O3SV. The number of nitrogens with one attached hydrogen (secondary N) is 2. The summed E-state index contributed by atoms with van der Waals surface area (Å²) >= 11 is 0. The van der Waals surface area contributed by atoms with E-state index in [1.54, 1.807) is 37.4 Å². The molecule has 32 heavy (non-hydrogen) atoms. The molecule has 1 fully saturated rings. The molecular weight excluding hydrogens is 461 g/mol. The molecule has 2 N–H and O–H groups in total. The van der Waals surface area contributed by atoms with Crippen molar-refractivity contribution in [3.63, 3.8) is 0 Å². The number of rotatable bonds is 10. The van der Waals surface area contributed by atoms with Crippen molar-refractivity contribution in [1.82, 2.24) is 9.62 Å². The van der Waals surface area contributed by atoms with Crippen LogP contribution in [0.2, 0.25) is 0 Å². The number of ether oxygens (including phenoxy) is 1. The fourth-order valence-electron chi connectivity index (χ4n) is 3.33. The van der Waals surface area contributed by atoms with Gasteiger partial charge >= 0.3 is 18.6 Å². The van der Waals surface area contributed by atoms with Crippen LogP contribution in [-0.4, -0.2) is 53.2 Å². The Kier molecular flexibility index (Phi) is 9.86. The number of methoxy groups -OCH3 is 1. The second-order valence-corrected chi connectivity index (χ2v) is 9.94. The van der Waals surface area contributed by atoms with Crippen molar-refractivity contribution in [1.29, 1.82) is 0 Å². The minimum atomic E-state index is -2.42. The molecule has 1 saturated carbocycles. The van der Waals surface area contributed by atoms with Gasteiger partial charge in [0.05, 0.1) is 16.8 Å². The maximum atomic E-state index is 13.7. The van der Waals surface area contributed by atoms with Crippen molar-refractivity contribution in [2.24, 2.45) is 0 Å². The van der Waals surface area contributed by atoms with Crippen LogP contribution >= 0.6 is 0 Å². The first-order valence-corrected chi connectivity index (χ1v) is 12.0. The van der Waals surface area contributed by atoms with Crippen LogP contribution in [0.1, 0.15) is 28.8 Å². The molecule has 1 amide bonds. The third kappa shape index (κ3) is 6.39. The topological polar surface area (TPSA) is 70.7 Å². The number of nitrogens with zero attached hydrogens (tertiary/aromatic N) is 1. The van der Waals surface area contributed by atoms with E-state index in [1.807, 2.05) is 19.1 Å². The molecule has 1 aliphatic rings. The Labute approximate surface area is 204 Å². The van der Waals surface area contributed by atoms with E-state index in [4.69, 9.17) is 4.74 Å². The maximum absolute atomic E-state index is 13.7. The molecule has 0 aromatic heterocycles. The standard InChI is InChI=1S/C24H31N3O3S.V/c1-5-27(6-2)16-15-25-31(29,22-12-13-22)21-10-8-20(9-11-21)26-24(28)19-7-14-23(30-4)18(3)17-19;/h7-11,14,17H,1-2,5-6,12-13,15-16H2,3-4H3,(H,25,29)(H,26,28);/q-2;+2. The van der Waals surface area contributed by atoms with Gasteiger partial charge in [0.15, 0.2) is 0 Å². The summed E-state index contributed by atoms with van der Waals surface area (Å²) in [6, 6.07) is 12.6. The molecule has 8 heteroatoms. The summed E-state index contributed by atoms with van der Waals surface area (Å²) in [6.45, 7) is 12.4. The Morgan fingerprint density at radius 1 is 1.12 bits per heavy atom. The average Bonchev–Trinajstić information content (AvgIpc) is 3.63. The summed E-state index contributed by atoms with van der Waals surface area (Å²) in [5.41, 5.74) is 2.11. The van der Waals surface area contributed by atoms with Crippen LogP contribution < -0.4 is 14.8 Å². The van der Waals surface area contributed by atoms with Crippen LogP contribution in [0.5, 0.6) is 5.75 Å². The molecule has 0 heterocycles. The third-order valence-corrected chi connectivity index (χ3v) is 8.10. The summed E-state index contributed by atoms with van der Waals surface area (Å²) in [4.78, 5) is 16.5. The van der Waals surface area contributed by atoms with Gasteiger partial charge in [0, 0.05) is 34.1 Å². The molecule has 0 saturated heterocycles. The van der Waals surface area contributed by atoms with Crippen molar-refractivity contribution >= 4 is 26.2 Å². The molecule has 171 valence electrons. The molecule has 0 spiro atoms. The van der Waals surface area contributed by atoms with Crippen LogP contribution in [-0.2, 0) is 28.3 Å². The Morgan fingerprint density at radius 2 is 1.78 bits per heavy atom. The van der Waals surface area contributed by atoms with Gasteiger partial charge in [-0.25, -0.2) is 8.93 Å². The minimum absolute atomic E-state index is 0. The van der Waals surface area contributed by atoms with Crippen molar-refractivity contribution in [3.05, 3.63) is 67.4 Å². The van der Waals surface area contributed by atoms with E-state index in [-0.39, 0.29) is 24.5 Å². The Balaban J connectivity index is 0.00000363. The molecule has 1 unspecified atom stereocenters. The van der Waals surface area contributed by atoms with E-state index in [1.165, 1.54) is 0 Å². The number of anilines is 1. The SMILES string of the molecule is [CH2-]CN(C[CH2-])CCNS(=O)(=C1CC1)c1ccc(NC(=O)c2ccc(OC)c(C)c2)cc1.[V+2]. The average molecular weight is 493 g/mol. The fraction of sp³-hybridized carbons (Fsp3) is 0.333. The van der Waals surface area contributed by atoms with Gasteiger partial charge < -0.3 is 28.8 Å². The van der Waals surface area contributed by atoms with Crippen LogP contribution in [0, 0.1) is 20.8 Å². The van der Waals surface area contributed by atoms with Crippen molar-refractivity contribution in [2.75, 3.05) is 38.6 Å². The zero-order chi connectivity index (χ0) is 22.4. The molecule has 3 rings (SSSR count). The van der Waals surface area contributed by atoms with E-state index in [2.05, 4.69) is 28.8 Å². The molecule has 2 aromatic rings. The summed E-state index contributed by atoms with van der Waals surface area (Å²) in [5, 5.41) is 2.90. The van der Waals surface area contributed by atoms with Crippen molar-refractivity contribution in [2.45, 2.75) is 24.7 Å². The van der Waals surface area contributed by atoms with Gasteiger partial charge in [-0.15, -0.1) is 13.1 Å². The largest absolute Gasteiger partial charge is 2.00 e. The molecule has 2 aromatic carbocycles. The third-order valence-electron chi connectivity index (χ3n) is 5.33. The molecule has 1 aliphatic carbocycles. The summed E-state index contributed by atoms with van der Waals surface area (Å²) in [5.74, 6) is 0.546. The predicted octanol–water partition coefficient (Wildman–Crippen LogP) is 3.34. The second-order valence-electron chi connectivity index (χ2n) is 7.49. The van der Waals surface area contributed by atoms with Gasteiger partial charge in [0.2, 0.25) is 0 Å². The Morgan fingerprint density at radius 3 is 2.31 bits per heavy atom. The zero-order valence-corrected chi connectivity index (χ0v) is 20.9. The summed E-state index contributed by atoms with van der Waals surface area (Å²) in [7, 11) is -0.818. The Bertz CT molecular complexity index is 1040. The van der Waals surface area contributed by atoms with Crippen molar-refractivity contribution in [3.8, 4) is 5.75 Å². The smallest absolute Gasteiger partial charge is 0.496 e. The first-order valence-electron chi connectivity index (χ1n) is 10.4. The number of carbonyl (C=O) groups excluding carboxylic acids is 1. The minimum Gasteiger partial charge on any atom is -0.496 e. The quantitative estimate of drug-likeness (QED) is 0.394. The molecule has 0 aliphatic heterocycles. The zero-order valence-electron chi connectivity index (χ0n) is 18.7. The van der Waals surface area contributed by atoms with Crippen LogP contribution in [0.4, 0.5) is 5.69 Å². The number of hydrogen-bond acceptors (Lipinski definition) is 4. The first kappa shape index (κ1) is 26.5. The van der Waals surface area contributed by atoms with Gasteiger partial charge in [-0.05, 0) is 67.8 Å². The van der Waals surface area contributed by atoms with Gasteiger partial charge in [0.25, 0.3) is 5.91 Å². The number of hydrogen-bond donors (Lipinski definition) is 2. The van der Waals surface area contributed by atoms with E-state index in [9.17, 15) is 9.00 Å². The first-order chi connectivity index (χ1) is 14.9.